The summed E-state index contributed by atoms with van der Waals surface area (Å²) in [5, 5.41) is 18.3. The minimum Gasteiger partial charge on any atom is -0.508 e. The second-order valence-corrected chi connectivity index (χ2v) is 12.8. The molecule has 12 nitrogen and oxygen atoms in total. The van der Waals surface area contributed by atoms with Gasteiger partial charge >= 0.3 is 0 Å². The summed E-state index contributed by atoms with van der Waals surface area (Å²) in [6, 6.07) is 18.8. The van der Waals surface area contributed by atoms with Gasteiger partial charge in [-0.25, -0.2) is 0 Å². The molecular weight excluding hydrogens is 626 g/mol. The number of rotatable bonds is 7. The molecule has 3 aromatic carbocycles. The van der Waals surface area contributed by atoms with Gasteiger partial charge in [-0.1, -0.05) is 48.5 Å². The predicted molar refractivity (Wildman–Crippen MR) is 181 cm³/mol. The quantitative estimate of drug-likeness (QED) is 0.299. The molecular formula is C37H43N5O7. The fourth-order valence-corrected chi connectivity index (χ4v) is 6.58. The number of carbonyl (C=O) groups is 4. The van der Waals surface area contributed by atoms with Crippen LogP contribution in [-0.2, 0) is 38.6 Å². The van der Waals surface area contributed by atoms with Crippen molar-refractivity contribution in [1.29, 1.82) is 0 Å². The van der Waals surface area contributed by atoms with Crippen LogP contribution in [0.15, 0.2) is 72.8 Å². The van der Waals surface area contributed by atoms with E-state index in [9.17, 15) is 24.3 Å². The lowest BCUT2D eigenvalue weighted by Crippen LogP contribution is -2.54. The molecule has 4 N–H and O–H groups in total. The number of ether oxygens (including phenoxy) is 2. The van der Waals surface area contributed by atoms with E-state index in [-0.39, 0.29) is 49.3 Å². The third-order valence-corrected chi connectivity index (χ3v) is 9.21. The van der Waals surface area contributed by atoms with Crippen LogP contribution in [0.2, 0.25) is 0 Å². The fourth-order valence-electron chi connectivity index (χ4n) is 6.58. The summed E-state index contributed by atoms with van der Waals surface area (Å²) in [6.07, 6.45) is 1.29. The number of hydrogen-bond donors (Lipinski definition) is 4. The molecule has 0 bridgehead atoms. The molecule has 0 spiro atoms. The molecule has 3 heterocycles. The van der Waals surface area contributed by atoms with Gasteiger partial charge in [-0.2, -0.15) is 0 Å². The van der Waals surface area contributed by atoms with Gasteiger partial charge in [-0.3, -0.25) is 24.1 Å². The second-order valence-electron chi connectivity index (χ2n) is 12.8. The van der Waals surface area contributed by atoms with Crippen molar-refractivity contribution in [1.82, 2.24) is 25.8 Å². The van der Waals surface area contributed by atoms with Crippen molar-refractivity contribution < 1.29 is 33.8 Å². The Balaban J connectivity index is 1.22. The number of phenols is 1. The van der Waals surface area contributed by atoms with Crippen LogP contribution in [0.3, 0.4) is 0 Å². The third kappa shape index (κ3) is 8.95. The van der Waals surface area contributed by atoms with Crippen molar-refractivity contribution in [2.24, 2.45) is 0 Å². The Morgan fingerprint density at radius 2 is 1.67 bits per heavy atom. The number of carbonyl (C=O) groups excluding carboxylic acids is 4. The first-order chi connectivity index (χ1) is 23.8. The van der Waals surface area contributed by atoms with Crippen molar-refractivity contribution in [2.45, 2.75) is 56.9 Å². The van der Waals surface area contributed by atoms with Crippen LogP contribution in [0.4, 0.5) is 0 Å². The number of nitrogens with zero attached hydrogens (tertiary/aromatic N) is 2. The standard InChI is InChI=1S/C37H43N5O7/c43-29-12-10-25(11-13-29)20-32-37(47)42-14-4-7-28(42)24-49-33-9-2-1-8-30(33)35(45)40-31(21-34(44)39-32)36(46)38-22-26-5-3-6-27(19-26)23-41-15-17-48-18-16-41/h1-3,5-6,8-13,19,28,31-32,43H,4,7,14-18,20-24H2,(H,38,46)(H,39,44)(H,40,45)/t28-,31+,32+/m1/s1. The van der Waals surface area contributed by atoms with E-state index in [0.717, 1.165) is 49.2 Å². The number of benzene rings is 3. The highest BCUT2D eigenvalue weighted by molar-refractivity contribution is 6.01. The van der Waals surface area contributed by atoms with Crippen molar-refractivity contribution in [3.63, 3.8) is 0 Å². The zero-order chi connectivity index (χ0) is 34.2. The van der Waals surface area contributed by atoms with Crippen LogP contribution in [0.1, 0.15) is 46.3 Å². The number of para-hydroxylation sites is 1. The summed E-state index contributed by atoms with van der Waals surface area (Å²) in [7, 11) is 0. The first-order valence-corrected chi connectivity index (χ1v) is 16.9. The van der Waals surface area contributed by atoms with Gasteiger partial charge < -0.3 is 35.4 Å². The van der Waals surface area contributed by atoms with Crippen LogP contribution in [0.5, 0.6) is 11.5 Å². The molecule has 3 aliphatic heterocycles. The maximum atomic E-state index is 14.0. The molecule has 3 aliphatic rings. The van der Waals surface area contributed by atoms with E-state index in [1.54, 1.807) is 41.3 Å². The molecule has 0 radical (unpaired) electrons. The number of hydrogen-bond acceptors (Lipinski definition) is 8. The van der Waals surface area contributed by atoms with Gasteiger partial charge in [-0.15, -0.1) is 0 Å². The van der Waals surface area contributed by atoms with Crippen LogP contribution in [0.25, 0.3) is 0 Å². The number of fused-ring (bicyclic) bond motifs is 2. The first-order valence-electron chi connectivity index (χ1n) is 16.9. The van der Waals surface area contributed by atoms with Gasteiger partial charge in [0.2, 0.25) is 17.7 Å². The molecule has 49 heavy (non-hydrogen) atoms. The van der Waals surface area contributed by atoms with Gasteiger partial charge in [-0.05, 0) is 53.8 Å². The smallest absolute Gasteiger partial charge is 0.255 e. The molecule has 3 atom stereocenters. The largest absolute Gasteiger partial charge is 0.508 e. The molecule has 3 aromatic rings. The maximum Gasteiger partial charge on any atom is 0.255 e. The SMILES string of the molecule is O=C1C[C@@H](C(=O)NCc2cccc(CN3CCOCC3)c2)NC(=O)c2ccccc2OC[C@H]2CCCN2C(=O)[C@H](Cc2ccc(O)cc2)N1. The Hall–Kier alpha value is -4.94. The molecule has 0 unspecified atom stereocenters. The lowest BCUT2D eigenvalue weighted by molar-refractivity contribution is -0.138. The van der Waals surface area contributed by atoms with Gasteiger partial charge in [0, 0.05) is 39.1 Å². The van der Waals surface area contributed by atoms with Crippen LogP contribution in [-0.4, -0.2) is 96.1 Å². The van der Waals surface area contributed by atoms with E-state index >= 15 is 0 Å². The average Bonchev–Trinajstić information content (AvgIpc) is 3.59. The van der Waals surface area contributed by atoms with E-state index < -0.39 is 29.8 Å². The number of amides is 4. The molecule has 258 valence electrons. The van der Waals surface area contributed by atoms with Crippen LogP contribution >= 0.6 is 0 Å². The molecule has 0 saturated carbocycles. The summed E-state index contributed by atoms with van der Waals surface area (Å²) in [4.78, 5) is 59.0. The Bertz CT molecular complexity index is 1640. The van der Waals surface area contributed by atoms with Gasteiger partial charge in [0.1, 0.15) is 30.2 Å². The molecule has 4 amide bonds. The Labute approximate surface area is 285 Å². The zero-order valence-corrected chi connectivity index (χ0v) is 27.4. The Morgan fingerprint density at radius 3 is 2.49 bits per heavy atom. The molecule has 6 rings (SSSR count). The summed E-state index contributed by atoms with van der Waals surface area (Å²) in [5.74, 6) is -1.46. The normalized spacial score (nSPS) is 22.2. The van der Waals surface area contributed by atoms with Crippen molar-refractivity contribution in [3.05, 3.63) is 95.1 Å². The van der Waals surface area contributed by atoms with Gasteiger partial charge in [0.15, 0.2) is 0 Å². The summed E-state index contributed by atoms with van der Waals surface area (Å²) >= 11 is 0. The molecule has 2 fully saturated rings. The van der Waals surface area contributed by atoms with E-state index in [1.165, 1.54) is 12.1 Å². The number of morpholine rings is 1. The number of phenolic OH excluding ortho intramolecular Hbond substituents is 1. The summed E-state index contributed by atoms with van der Waals surface area (Å²) < 4.78 is 11.6. The predicted octanol–water partition coefficient (Wildman–Crippen LogP) is 2.14. The number of aromatic hydroxyl groups is 1. The van der Waals surface area contributed by atoms with Gasteiger partial charge in [0.05, 0.1) is 31.2 Å². The highest BCUT2D eigenvalue weighted by Crippen LogP contribution is 2.24. The minimum atomic E-state index is -1.23. The monoisotopic (exact) mass is 669 g/mol. The lowest BCUT2D eigenvalue weighted by Gasteiger charge is -2.30. The van der Waals surface area contributed by atoms with Gasteiger partial charge in [0.25, 0.3) is 5.91 Å². The maximum absolute atomic E-state index is 14.0. The van der Waals surface area contributed by atoms with E-state index in [4.69, 9.17) is 9.47 Å². The molecule has 0 aliphatic carbocycles. The van der Waals surface area contributed by atoms with Crippen molar-refractivity contribution in [3.8, 4) is 11.5 Å². The third-order valence-electron chi connectivity index (χ3n) is 9.21. The first kappa shape index (κ1) is 33.9. The molecule has 12 heteroatoms. The minimum absolute atomic E-state index is 0.0931. The highest BCUT2D eigenvalue weighted by Gasteiger charge is 2.36. The summed E-state index contributed by atoms with van der Waals surface area (Å²) in [5.41, 5.74) is 2.97. The van der Waals surface area contributed by atoms with Crippen molar-refractivity contribution >= 4 is 23.6 Å². The van der Waals surface area contributed by atoms with Crippen LogP contribution < -0.4 is 20.7 Å². The van der Waals surface area contributed by atoms with E-state index in [0.29, 0.717) is 25.5 Å². The lowest BCUT2D eigenvalue weighted by atomic mass is 10.0. The average molecular weight is 670 g/mol. The zero-order valence-electron chi connectivity index (χ0n) is 27.4. The fraction of sp³-hybridized carbons (Fsp3) is 0.405. The highest BCUT2D eigenvalue weighted by atomic mass is 16.5. The Morgan fingerprint density at radius 1 is 0.898 bits per heavy atom. The molecule has 2 saturated heterocycles. The van der Waals surface area contributed by atoms with E-state index in [1.807, 2.05) is 24.3 Å². The number of nitrogens with one attached hydrogen (secondary N) is 3. The summed E-state index contributed by atoms with van der Waals surface area (Å²) in [6.45, 7) is 4.78. The van der Waals surface area contributed by atoms with Crippen LogP contribution in [0, 0.1) is 0 Å². The van der Waals surface area contributed by atoms with Crippen molar-refractivity contribution in [2.75, 3.05) is 39.5 Å². The van der Waals surface area contributed by atoms with E-state index in [2.05, 4.69) is 20.9 Å². The Kier molecular flexibility index (Phi) is 11.1. The topological polar surface area (TPSA) is 150 Å². The second kappa shape index (κ2) is 16.0. The molecule has 0 aromatic heterocycles.